The van der Waals surface area contributed by atoms with Crippen molar-refractivity contribution in [3.8, 4) is 0 Å². The number of carbonyl (C=O) groups is 1. The Kier molecular flexibility index (Phi) is 5.48. The molecule has 2 aliphatic heterocycles. The molecule has 2 aliphatic rings. The van der Waals surface area contributed by atoms with Gasteiger partial charge in [-0.15, -0.1) is 5.10 Å². The van der Waals surface area contributed by atoms with Gasteiger partial charge in [0.2, 0.25) is 14.9 Å². The van der Waals surface area contributed by atoms with Gasteiger partial charge in [0.25, 0.3) is 5.91 Å². The van der Waals surface area contributed by atoms with Gasteiger partial charge in [0.05, 0.1) is 28.5 Å². The summed E-state index contributed by atoms with van der Waals surface area (Å²) in [6, 6.07) is 6.26. The van der Waals surface area contributed by atoms with E-state index >= 15 is 0 Å². The van der Waals surface area contributed by atoms with E-state index in [2.05, 4.69) is 20.7 Å². The number of hydrogen-bond donors (Lipinski definition) is 2. The van der Waals surface area contributed by atoms with Crippen molar-refractivity contribution >= 4 is 49.1 Å². The average Bonchev–Trinajstić information content (AvgIpc) is 3.05. The maximum Gasteiger partial charge on any atom is 0.290 e. The lowest BCUT2D eigenvalue weighted by molar-refractivity contribution is -0.112. The van der Waals surface area contributed by atoms with Crippen molar-refractivity contribution in [2.24, 2.45) is 15.3 Å². The van der Waals surface area contributed by atoms with E-state index in [0.717, 1.165) is 0 Å². The second-order valence-electron chi connectivity index (χ2n) is 5.81. The maximum absolute atomic E-state index is 12.8. The first-order valence-electron chi connectivity index (χ1n) is 8.04. The lowest BCUT2D eigenvalue weighted by atomic mass is 10.2. The third kappa shape index (κ3) is 3.82. The summed E-state index contributed by atoms with van der Waals surface area (Å²) in [4.78, 5) is 14.1. The summed E-state index contributed by atoms with van der Waals surface area (Å²) in [6.45, 7) is 2.23. The van der Waals surface area contributed by atoms with Crippen molar-refractivity contribution in [1.82, 2.24) is 5.43 Å². The molecule has 0 aromatic heterocycles. The van der Waals surface area contributed by atoms with E-state index in [9.17, 15) is 17.4 Å². The molecule has 0 bridgehead atoms. The number of nitrogens with zero attached hydrogens (tertiary/aromatic N) is 4. The zero-order chi connectivity index (χ0) is 19.6. The van der Waals surface area contributed by atoms with Crippen molar-refractivity contribution in [1.29, 1.82) is 0 Å². The molecular formula is C15H17N5O5S2. The number of hydrogen-bond acceptors (Lipinski definition) is 8. The van der Waals surface area contributed by atoms with Gasteiger partial charge in [-0.2, -0.15) is 10.2 Å². The third-order valence-corrected chi connectivity index (χ3v) is 6.12. The van der Waals surface area contributed by atoms with E-state index < -0.39 is 31.9 Å². The molecule has 1 aromatic rings. The van der Waals surface area contributed by atoms with E-state index in [1.807, 2.05) is 6.92 Å². The maximum atomic E-state index is 12.8. The van der Waals surface area contributed by atoms with Gasteiger partial charge in [-0.1, -0.05) is 19.1 Å². The lowest BCUT2D eigenvalue weighted by Gasteiger charge is -2.29. The lowest BCUT2D eigenvalue weighted by Crippen LogP contribution is -2.46. The summed E-state index contributed by atoms with van der Waals surface area (Å²) in [5.74, 6) is -0.703. The summed E-state index contributed by atoms with van der Waals surface area (Å²) < 4.78 is 45.3. The predicted octanol–water partition coefficient (Wildman–Crippen LogP) is 0.500. The minimum Gasteiger partial charge on any atom is -0.306 e. The highest BCUT2D eigenvalue weighted by atomic mass is 32.2. The molecule has 10 nitrogen and oxygen atoms in total. The molecule has 0 radical (unpaired) electrons. The second kappa shape index (κ2) is 7.66. The molecule has 144 valence electrons. The highest BCUT2D eigenvalue weighted by molar-refractivity contribution is 8.08. The zero-order valence-corrected chi connectivity index (χ0v) is 16.0. The number of benzene rings is 1. The van der Waals surface area contributed by atoms with Gasteiger partial charge in [0.15, 0.2) is 16.9 Å². The van der Waals surface area contributed by atoms with Crippen LogP contribution < -0.4 is 10.3 Å². The number of amidine groups is 1. The Morgan fingerprint density at radius 1 is 1.33 bits per heavy atom. The highest BCUT2D eigenvalue weighted by Gasteiger charge is 2.41. The Hall–Kier alpha value is -2.44. The Bertz CT molecular complexity index is 1000. The van der Waals surface area contributed by atoms with Crippen LogP contribution in [-0.2, 0) is 25.7 Å². The van der Waals surface area contributed by atoms with Crippen LogP contribution in [0.1, 0.15) is 19.8 Å². The monoisotopic (exact) mass is 411 g/mol. The van der Waals surface area contributed by atoms with Crippen LogP contribution in [0.3, 0.4) is 0 Å². The summed E-state index contributed by atoms with van der Waals surface area (Å²) in [6.07, 6.45) is 0.760. The summed E-state index contributed by atoms with van der Waals surface area (Å²) in [5.41, 5.74) is 3.14. The number of amides is 1. The van der Waals surface area contributed by atoms with E-state index in [1.54, 1.807) is 18.2 Å². The Morgan fingerprint density at radius 2 is 2.07 bits per heavy atom. The van der Waals surface area contributed by atoms with Gasteiger partial charge in [0.1, 0.15) is 0 Å². The van der Waals surface area contributed by atoms with Crippen LogP contribution in [0, 0.1) is 0 Å². The van der Waals surface area contributed by atoms with Gasteiger partial charge in [-0.05, 0) is 18.6 Å². The molecule has 0 spiro atoms. The van der Waals surface area contributed by atoms with Crippen molar-refractivity contribution < 1.29 is 22.0 Å². The first-order valence-corrected chi connectivity index (χ1v) is 10.8. The van der Waals surface area contributed by atoms with Crippen LogP contribution in [0.15, 0.2) is 44.5 Å². The molecule has 3 rings (SSSR count). The fraction of sp³-hybridized carbons (Fsp3) is 0.333. The quantitative estimate of drug-likeness (QED) is 0.534. The van der Waals surface area contributed by atoms with Crippen molar-refractivity contribution in [2.45, 2.75) is 24.7 Å². The largest absolute Gasteiger partial charge is 0.306 e. The van der Waals surface area contributed by atoms with Crippen LogP contribution in [-0.4, -0.2) is 52.0 Å². The Balaban J connectivity index is 1.88. The number of nitrogens with one attached hydrogen (secondary N) is 1. The van der Waals surface area contributed by atoms with Crippen LogP contribution in [0.25, 0.3) is 0 Å². The molecule has 27 heavy (non-hydrogen) atoms. The standard InChI is InChI=1S/C15H17N5O5S2/c1-2-7-20-11-5-3-4-6-12(11)27(24,25)14(15(20)21)19-18-13-8-10(16-17-13)9-26(22)23/h3-6H,2,7-9H2,1H3,(H,17,18)(H,22,23). The second-order valence-corrected chi connectivity index (χ2v) is 8.58. The molecule has 1 amide bonds. The zero-order valence-electron chi connectivity index (χ0n) is 14.3. The number of carbonyl (C=O) groups excluding carboxylic acids is 1. The fourth-order valence-corrected chi connectivity index (χ4v) is 4.57. The van der Waals surface area contributed by atoms with E-state index in [1.165, 1.54) is 11.0 Å². The number of fused-ring (bicyclic) bond motifs is 1. The molecule has 1 aromatic carbocycles. The minimum absolute atomic E-state index is 0.0135. The van der Waals surface area contributed by atoms with Gasteiger partial charge in [-0.25, -0.2) is 12.6 Å². The number of para-hydroxylation sites is 1. The number of rotatable bonds is 5. The normalized spacial score (nSPS) is 20.9. The van der Waals surface area contributed by atoms with Crippen LogP contribution in [0.2, 0.25) is 0 Å². The molecule has 2 heterocycles. The molecule has 12 heteroatoms. The summed E-state index contributed by atoms with van der Waals surface area (Å²) in [7, 11) is -4.09. The first kappa shape index (κ1) is 19.3. The topological polar surface area (TPSA) is 141 Å². The van der Waals surface area contributed by atoms with Crippen LogP contribution in [0.5, 0.6) is 0 Å². The predicted molar refractivity (Wildman–Crippen MR) is 102 cm³/mol. The van der Waals surface area contributed by atoms with E-state index in [-0.39, 0.29) is 22.9 Å². The van der Waals surface area contributed by atoms with Gasteiger partial charge >= 0.3 is 0 Å². The van der Waals surface area contributed by atoms with E-state index in [4.69, 9.17) is 4.55 Å². The van der Waals surface area contributed by atoms with E-state index in [0.29, 0.717) is 24.4 Å². The number of sulfone groups is 1. The molecule has 2 N–H and O–H groups in total. The molecule has 0 aliphatic carbocycles. The average molecular weight is 411 g/mol. The Labute approximate surface area is 158 Å². The van der Waals surface area contributed by atoms with Crippen molar-refractivity contribution in [2.75, 3.05) is 17.2 Å². The molecule has 0 fully saturated rings. The summed E-state index contributed by atoms with van der Waals surface area (Å²) >= 11 is -2.05. The molecule has 1 unspecified atom stereocenters. The number of hydrazone groups is 1. The SMILES string of the molecule is CCCN1C(=O)C(=NNC2=NN=C(CS(=O)O)C2)S(=O)(=O)c2ccccc21. The van der Waals surface area contributed by atoms with Crippen molar-refractivity contribution in [3.63, 3.8) is 0 Å². The molecule has 0 saturated heterocycles. The van der Waals surface area contributed by atoms with Gasteiger partial charge in [0, 0.05) is 6.54 Å². The van der Waals surface area contributed by atoms with Crippen LogP contribution in [0.4, 0.5) is 5.69 Å². The van der Waals surface area contributed by atoms with Crippen LogP contribution >= 0.6 is 0 Å². The third-order valence-electron chi connectivity index (χ3n) is 3.84. The van der Waals surface area contributed by atoms with Gasteiger partial charge < -0.3 is 9.45 Å². The highest BCUT2D eigenvalue weighted by Crippen LogP contribution is 2.32. The van der Waals surface area contributed by atoms with Crippen molar-refractivity contribution in [3.05, 3.63) is 24.3 Å². The fourth-order valence-electron chi connectivity index (χ4n) is 2.70. The molecule has 0 saturated carbocycles. The smallest absolute Gasteiger partial charge is 0.290 e. The summed E-state index contributed by atoms with van der Waals surface area (Å²) in [5, 5.41) is 10.6. The van der Waals surface area contributed by atoms with Gasteiger partial charge in [-0.3, -0.25) is 10.2 Å². The number of anilines is 1. The first-order chi connectivity index (χ1) is 12.8. The minimum atomic E-state index is -4.09. The molecule has 1 atom stereocenters. The molecular weight excluding hydrogens is 394 g/mol. The Morgan fingerprint density at radius 3 is 2.78 bits per heavy atom.